The first kappa shape index (κ1) is 13.9. The van der Waals surface area contributed by atoms with Crippen LogP contribution < -0.4 is 10.1 Å². The second-order valence-corrected chi connectivity index (χ2v) is 5.27. The van der Waals surface area contributed by atoms with Crippen molar-refractivity contribution < 1.29 is 9.53 Å². The third-order valence-electron chi connectivity index (χ3n) is 3.86. The van der Waals surface area contributed by atoms with Crippen LogP contribution in [0, 0.1) is 5.92 Å². The molecule has 0 spiro atoms. The zero-order valence-electron chi connectivity index (χ0n) is 11.8. The normalized spacial score (nSPS) is 22.8. The Balaban J connectivity index is 2.06. The fourth-order valence-electron chi connectivity index (χ4n) is 2.71. The molecule has 2 rings (SSSR count). The second kappa shape index (κ2) is 6.60. The van der Waals surface area contributed by atoms with E-state index in [0.29, 0.717) is 29.9 Å². The Bertz CT molecular complexity index is 431. The molecule has 1 aromatic carbocycles. The number of para-hydroxylation sites is 1. The van der Waals surface area contributed by atoms with E-state index >= 15 is 0 Å². The van der Waals surface area contributed by atoms with Crippen LogP contribution in [0.3, 0.4) is 0 Å². The lowest BCUT2D eigenvalue weighted by molar-refractivity contribution is 0.0906. The van der Waals surface area contributed by atoms with E-state index in [0.717, 1.165) is 6.42 Å². The monoisotopic (exact) mass is 261 g/mol. The highest BCUT2D eigenvalue weighted by atomic mass is 16.5. The van der Waals surface area contributed by atoms with Gasteiger partial charge in [-0.2, -0.15) is 0 Å². The molecule has 2 atom stereocenters. The Kier molecular flexibility index (Phi) is 4.83. The summed E-state index contributed by atoms with van der Waals surface area (Å²) in [5.74, 6) is 1.23. The van der Waals surface area contributed by atoms with Gasteiger partial charge in [-0.25, -0.2) is 0 Å². The van der Waals surface area contributed by atoms with Crippen LogP contribution in [0.25, 0.3) is 0 Å². The van der Waals surface area contributed by atoms with E-state index < -0.39 is 0 Å². The van der Waals surface area contributed by atoms with Crippen molar-refractivity contribution in [2.45, 2.75) is 45.6 Å². The highest BCUT2D eigenvalue weighted by Crippen LogP contribution is 2.25. The Labute approximate surface area is 115 Å². The van der Waals surface area contributed by atoms with Crippen LogP contribution in [0.2, 0.25) is 0 Å². The predicted octanol–water partition coefficient (Wildman–Crippen LogP) is 3.39. The van der Waals surface area contributed by atoms with E-state index in [1.807, 2.05) is 31.2 Å². The summed E-state index contributed by atoms with van der Waals surface area (Å²) in [6.45, 7) is 4.72. The predicted molar refractivity (Wildman–Crippen MR) is 76.5 cm³/mol. The fraction of sp³-hybridized carbons (Fsp3) is 0.562. The van der Waals surface area contributed by atoms with E-state index in [4.69, 9.17) is 4.74 Å². The zero-order chi connectivity index (χ0) is 13.7. The molecule has 0 unspecified atom stereocenters. The SMILES string of the molecule is CCOc1ccccc1C(=O)N[C@@H]1CCCC[C@H]1C. The number of hydrogen-bond donors (Lipinski definition) is 1. The van der Waals surface area contributed by atoms with Gasteiger partial charge < -0.3 is 10.1 Å². The zero-order valence-corrected chi connectivity index (χ0v) is 11.8. The molecule has 0 aliphatic heterocycles. The van der Waals surface area contributed by atoms with Crippen molar-refractivity contribution in [3.63, 3.8) is 0 Å². The molecule has 1 N–H and O–H groups in total. The molecule has 1 amide bonds. The molecule has 0 radical (unpaired) electrons. The number of carbonyl (C=O) groups excluding carboxylic acids is 1. The van der Waals surface area contributed by atoms with Crippen LogP contribution >= 0.6 is 0 Å². The minimum Gasteiger partial charge on any atom is -0.493 e. The van der Waals surface area contributed by atoms with Gasteiger partial charge >= 0.3 is 0 Å². The van der Waals surface area contributed by atoms with Gasteiger partial charge in [0.05, 0.1) is 12.2 Å². The van der Waals surface area contributed by atoms with Gasteiger partial charge in [-0.3, -0.25) is 4.79 Å². The molecule has 0 aromatic heterocycles. The highest BCUT2D eigenvalue weighted by molar-refractivity contribution is 5.97. The average molecular weight is 261 g/mol. The van der Waals surface area contributed by atoms with Crippen molar-refractivity contribution in [2.24, 2.45) is 5.92 Å². The largest absolute Gasteiger partial charge is 0.493 e. The Morgan fingerprint density at radius 1 is 1.32 bits per heavy atom. The topological polar surface area (TPSA) is 38.3 Å². The first-order valence-electron chi connectivity index (χ1n) is 7.25. The van der Waals surface area contributed by atoms with Gasteiger partial charge in [0.2, 0.25) is 0 Å². The van der Waals surface area contributed by atoms with Crippen molar-refractivity contribution in [1.82, 2.24) is 5.32 Å². The van der Waals surface area contributed by atoms with Gasteiger partial charge in [0.25, 0.3) is 5.91 Å². The van der Waals surface area contributed by atoms with Gasteiger partial charge in [-0.15, -0.1) is 0 Å². The summed E-state index contributed by atoms with van der Waals surface area (Å²) in [6.07, 6.45) is 4.78. The maximum atomic E-state index is 12.4. The van der Waals surface area contributed by atoms with Gasteiger partial charge in [0.15, 0.2) is 0 Å². The molecule has 19 heavy (non-hydrogen) atoms. The fourth-order valence-corrected chi connectivity index (χ4v) is 2.71. The van der Waals surface area contributed by atoms with Crippen LogP contribution in [0.15, 0.2) is 24.3 Å². The first-order valence-corrected chi connectivity index (χ1v) is 7.25. The number of hydrogen-bond acceptors (Lipinski definition) is 2. The molecule has 104 valence electrons. The molecule has 1 aliphatic carbocycles. The molecule has 0 saturated heterocycles. The maximum absolute atomic E-state index is 12.4. The third-order valence-corrected chi connectivity index (χ3v) is 3.86. The molecule has 1 aromatic rings. The number of nitrogens with one attached hydrogen (secondary N) is 1. The molecule has 1 fully saturated rings. The summed E-state index contributed by atoms with van der Waals surface area (Å²) in [5.41, 5.74) is 0.641. The minimum absolute atomic E-state index is 0.0113. The molecule has 3 nitrogen and oxygen atoms in total. The van der Waals surface area contributed by atoms with Crippen molar-refractivity contribution in [1.29, 1.82) is 0 Å². The second-order valence-electron chi connectivity index (χ2n) is 5.27. The van der Waals surface area contributed by atoms with Crippen molar-refractivity contribution in [3.8, 4) is 5.75 Å². The van der Waals surface area contributed by atoms with Crippen LogP contribution in [0.1, 0.15) is 49.9 Å². The summed E-state index contributed by atoms with van der Waals surface area (Å²) in [6, 6.07) is 7.75. The van der Waals surface area contributed by atoms with Crippen LogP contribution in [0.5, 0.6) is 5.75 Å². The molecule has 1 aliphatic rings. The molecule has 1 saturated carbocycles. The van der Waals surface area contributed by atoms with Gasteiger partial charge in [-0.05, 0) is 37.8 Å². The van der Waals surface area contributed by atoms with Crippen molar-refractivity contribution in [3.05, 3.63) is 29.8 Å². The number of carbonyl (C=O) groups is 1. The van der Waals surface area contributed by atoms with E-state index in [1.54, 1.807) is 0 Å². The number of ether oxygens (including phenoxy) is 1. The molecule has 0 heterocycles. The van der Waals surface area contributed by atoms with Crippen LogP contribution in [0.4, 0.5) is 0 Å². The standard InChI is InChI=1S/C16H23NO2/c1-3-19-15-11-7-5-9-13(15)16(18)17-14-10-6-4-8-12(14)2/h5,7,9,11-12,14H,3-4,6,8,10H2,1-2H3,(H,17,18)/t12-,14-/m1/s1. The van der Waals surface area contributed by atoms with E-state index in [1.165, 1.54) is 19.3 Å². The van der Waals surface area contributed by atoms with E-state index in [2.05, 4.69) is 12.2 Å². The number of rotatable bonds is 4. The number of amides is 1. The molecular formula is C16H23NO2. The molecule has 0 bridgehead atoms. The van der Waals surface area contributed by atoms with E-state index in [9.17, 15) is 4.79 Å². The lowest BCUT2D eigenvalue weighted by Crippen LogP contribution is -2.41. The maximum Gasteiger partial charge on any atom is 0.255 e. The van der Waals surface area contributed by atoms with Gasteiger partial charge in [0.1, 0.15) is 5.75 Å². The lowest BCUT2D eigenvalue weighted by Gasteiger charge is -2.29. The third kappa shape index (κ3) is 3.49. The summed E-state index contributed by atoms with van der Waals surface area (Å²) < 4.78 is 5.51. The van der Waals surface area contributed by atoms with Crippen molar-refractivity contribution >= 4 is 5.91 Å². The molecule has 3 heteroatoms. The van der Waals surface area contributed by atoms with Gasteiger partial charge in [-0.1, -0.05) is 31.9 Å². The summed E-state index contributed by atoms with van der Waals surface area (Å²) >= 11 is 0. The minimum atomic E-state index is -0.0113. The number of benzene rings is 1. The smallest absolute Gasteiger partial charge is 0.255 e. The Morgan fingerprint density at radius 3 is 2.79 bits per heavy atom. The summed E-state index contributed by atoms with van der Waals surface area (Å²) in [4.78, 5) is 12.4. The molecular weight excluding hydrogens is 238 g/mol. The Hall–Kier alpha value is -1.51. The van der Waals surface area contributed by atoms with Crippen molar-refractivity contribution in [2.75, 3.05) is 6.61 Å². The van der Waals surface area contributed by atoms with Gasteiger partial charge in [0, 0.05) is 6.04 Å². The first-order chi connectivity index (χ1) is 9.22. The summed E-state index contributed by atoms with van der Waals surface area (Å²) in [7, 11) is 0. The van der Waals surface area contributed by atoms with Crippen LogP contribution in [-0.2, 0) is 0 Å². The van der Waals surface area contributed by atoms with E-state index in [-0.39, 0.29) is 5.91 Å². The van der Waals surface area contributed by atoms with Crippen LogP contribution in [-0.4, -0.2) is 18.6 Å². The Morgan fingerprint density at radius 2 is 2.05 bits per heavy atom. The average Bonchev–Trinajstić information content (AvgIpc) is 2.42. The lowest BCUT2D eigenvalue weighted by atomic mass is 9.86. The quantitative estimate of drug-likeness (QED) is 0.902. The summed E-state index contributed by atoms with van der Waals surface area (Å²) in [5, 5.41) is 3.16. The highest BCUT2D eigenvalue weighted by Gasteiger charge is 2.24.